The molecule has 2 N–H and O–H groups in total. The third-order valence-corrected chi connectivity index (χ3v) is 4.63. The Labute approximate surface area is 130 Å². The highest BCUT2D eigenvalue weighted by Gasteiger charge is 2.09. The standard InChI is InChI=1S/C17H20ClNS/c1-11-4-5-12(2)16(8-11)20-17-10-15(18)7-6-14(17)9-13(3)19/h4-8,10,13H,9,19H2,1-3H3. The van der Waals surface area contributed by atoms with Crippen molar-refractivity contribution in [3.63, 3.8) is 0 Å². The van der Waals surface area contributed by atoms with Crippen LogP contribution >= 0.6 is 23.4 Å². The molecule has 0 aliphatic rings. The number of rotatable bonds is 4. The normalized spacial score (nSPS) is 12.4. The second-order valence-corrected chi connectivity index (χ2v) is 6.82. The highest BCUT2D eigenvalue weighted by molar-refractivity contribution is 7.99. The maximum absolute atomic E-state index is 6.15. The van der Waals surface area contributed by atoms with Gasteiger partial charge in [0.05, 0.1) is 0 Å². The van der Waals surface area contributed by atoms with E-state index in [2.05, 4.69) is 38.1 Å². The van der Waals surface area contributed by atoms with Crippen molar-refractivity contribution in [1.29, 1.82) is 0 Å². The van der Waals surface area contributed by atoms with Gasteiger partial charge in [-0.25, -0.2) is 0 Å². The molecule has 0 radical (unpaired) electrons. The van der Waals surface area contributed by atoms with E-state index in [1.54, 1.807) is 11.8 Å². The van der Waals surface area contributed by atoms with Crippen LogP contribution in [0.15, 0.2) is 46.2 Å². The van der Waals surface area contributed by atoms with Crippen molar-refractivity contribution in [3.8, 4) is 0 Å². The van der Waals surface area contributed by atoms with E-state index in [0.29, 0.717) is 0 Å². The average molecular weight is 306 g/mol. The number of nitrogens with two attached hydrogens (primary N) is 1. The Morgan fingerprint density at radius 1 is 1.10 bits per heavy atom. The van der Waals surface area contributed by atoms with Crippen molar-refractivity contribution < 1.29 is 0 Å². The van der Waals surface area contributed by atoms with Crippen molar-refractivity contribution in [1.82, 2.24) is 0 Å². The maximum atomic E-state index is 6.15. The van der Waals surface area contributed by atoms with Gasteiger partial charge in [0.1, 0.15) is 0 Å². The average Bonchev–Trinajstić information content (AvgIpc) is 2.37. The van der Waals surface area contributed by atoms with Crippen molar-refractivity contribution in [3.05, 3.63) is 58.1 Å². The third-order valence-electron chi connectivity index (χ3n) is 3.13. The molecule has 20 heavy (non-hydrogen) atoms. The van der Waals surface area contributed by atoms with Crippen LogP contribution in [0.4, 0.5) is 0 Å². The van der Waals surface area contributed by atoms with Crippen LogP contribution in [0.3, 0.4) is 0 Å². The van der Waals surface area contributed by atoms with Crippen LogP contribution in [-0.4, -0.2) is 6.04 Å². The van der Waals surface area contributed by atoms with Gasteiger partial charge in [-0.1, -0.05) is 41.6 Å². The van der Waals surface area contributed by atoms with Crippen LogP contribution < -0.4 is 5.73 Å². The van der Waals surface area contributed by atoms with Crippen LogP contribution in [0.25, 0.3) is 0 Å². The molecule has 0 heterocycles. The summed E-state index contributed by atoms with van der Waals surface area (Å²) in [6.07, 6.45) is 0.865. The zero-order valence-corrected chi connectivity index (χ0v) is 13.7. The van der Waals surface area contributed by atoms with Crippen molar-refractivity contribution in [2.45, 2.75) is 43.0 Å². The molecular formula is C17H20ClNS. The van der Waals surface area contributed by atoms with E-state index in [1.807, 2.05) is 19.1 Å². The van der Waals surface area contributed by atoms with Crippen molar-refractivity contribution >= 4 is 23.4 Å². The van der Waals surface area contributed by atoms with Gasteiger partial charge in [0, 0.05) is 20.9 Å². The minimum atomic E-state index is 0.147. The molecule has 1 nitrogen and oxygen atoms in total. The quantitative estimate of drug-likeness (QED) is 0.860. The van der Waals surface area contributed by atoms with Gasteiger partial charge < -0.3 is 5.73 Å². The topological polar surface area (TPSA) is 26.0 Å². The van der Waals surface area contributed by atoms with Crippen molar-refractivity contribution in [2.24, 2.45) is 5.73 Å². The molecule has 1 unspecified atom stereocenters. The van der Waals surface area contributed by atoms with Gasteiger partial charge in [0.15, 0.2) is 0 Å². The minimum absolute atomic E-state index is 0.147. The fourth-order valence-electron chi connectivity index (χ4n) is 2.07. The highest BCUT2D eigenvalue weighted by Crippen LogP contribution is 2.35. The van der Waals surface area contributed by atoms with Gasteiger partial charge >= 0.3 is 0 Å². The number of benzene rings is 2. The summed E-state index contributed by atoms with van der Waals surface area (Å²) in [5, 5.41) is 0.770. The highest BCUT2D eigenvalue weighted by atomic mass is 35.5. The first-order chi connectivity index (χ1) is 9.45. The molecule has 0 amide bonds. The molecule has 0 aliphatic heterocycles. The van der Waals surface area contributed by atoms with Gasteiger partial charge in [-0.3, -0.25) is 0 Å². The Kier molecular flexibility index (Phi) is 5.14. The summed E-state index contributed by atoms with van der Waals surface area (Å²) in [6.45, 7) is 6.28. The van der Waals surface area contributed by atoms with E-state index in [9.17, 15) is 0 Å². The summed E-state index contributed by atoms with van der Waals surface area (Å²) in [7, 11) is 0. The molecule has 0 aliphatic carbocycles. The summed E-state index contributed by atoms with van der Waals surface area (Å²) in [5.74, 6) is 0. The number of halogens is 1. The summed E-state index contributed by atoms with van der Waals surface area (Å²) >= 11 is 7.92. The number of aryl methyl sites for hydroxylation is 2. The van der Waals surface area contributed by atoms with Crippen LogP contribution in [-0.2, 0) is 6.42 Å². The van der Waals surface area contributed by atoms with Gasteiger partial charge in [0.2, 0.25) is 0 Å². The molecule has 0 saturated heterocycles. The first-order valence-electron chi connectivity index (χ1n) is 6.75. The predicted molar refractivity (Wildman–Crippen MR) is 88.8 cm³/mol. The summed E-state index contributed by atoms with van der Waals surface area (Å²) in [5.41, 5.74) is 9.75. The molecule has 0 bridgehead atoms. The van der Waals surface area contributed by atoms with Crippen LogP contribution in [0.5, 0.6) is 0 Å². The van der Waals surface area contributed by atoms with E-state index in [-0.39, 0.29) is 6.04 Å². The lowest BCUT2D eigenvalue weighted by Crippen LogP contribution is -2.18. The van der Waals surface area contributed by atoms with Gasteiger partial charge in [0.25, 0.3) is 0 Å². The minimum Gasteiger partial charge on any atom is -0.328 e. The van der Waals surface area contributed by atoms with Gasteiger partial charge in [-0.2, -0.15) is 0 Å². The Morgan fingerprint density at radius 2 is 1.85 bits per heavy atom. The lowest BCUT2D eigenvalue weighted by molar-refractivity contribution is 0.729. The summed E-state index contributed by atoms with van der Waals surface area (Å²) in [4.78, 5) is 2.47. The molecule has 0 aromatic heterocycles. The van der Waals surface area contributed by atoms with Gasteiger partial charge in [-0.05, 0) is 62.1 Å². The predicted octanol–water partition coefficient (Wildman–Crippen LogP) is 5.00. The first-order valence-corrected chi connectivity index (χ1v) is 7.94. The Morgan fingerprint density at radius 3 is 2.55 bits per heavy atom. The van der Waals surface area contributed by atoms with E-state index in [0.717, 1.165) is 11.4 Å². The zero-order chi connectivity index (χ0) is 14.7. The van der Waals surface area contributed by atoms with Crippen LogP contribution in [0.2, 0.25) is 5.02 Å². The SMILES string of the molecule is Cc1ccc(C)c(Sc2cc(Cl)ccc2CC(C)N)c1. The maximum Gasteiger partial charge on any atom is 0.0417 e. The molecule has 106 valence electrons. The molecule has 2 rings (SSSR count). The van der Waals surface area contributed by atoms with Crippen LogP contribution in [0, 0.1) is 13.8 Å². The molecule has 0 saturated carbocycles. The molecule has 0 fully saturated rings. The Balaban J connectivity index is 2.36. The molecule has 2 aromatic carbocycles. The second-order valence-electron chi connectivity index (χ2n) is 5.30. The Bertz CT molecular complexity index is 608. The van der Waals surface area contributed by atoms with Crippen molar-refractivity contribution in [2.75, 3.05) is 0 Å². The fourth-order valence-corrected chi connectivity index (χ4v) is 3.49. The van der Waals surface area contributed by atoms with Gasteiger partial charge in [-0.15, -0.1) is 0 Å². The first kappa shape index (κ1) is 15.4. The van der Waals surface area contributed by atoms with E-state index >= 15 is 0 Å². The number of hydrogen-bond donors (Lipinski definition) is 1. The summed E-state index contributed by atoms with van der Waals surface area (Å²) in [6, 6.07) is 12.7. The smallest absolute Gasteiger partial charge is 0.0417 e. The fraction of sp³-hybridized carbons (Fsp3) is 0.294. The van der Waals surface area contributed by atoms with E-state index in [4.69, 9.17) is 17.3 Å². The number of hydrogen-bond acceptors (Lipinski definition) is 2. The third kappa shape index (κ3) is 4.02. The zero-order valence-electron chi connectivity index (χ0n) is 12.1. The summed E-state index contributed by atoms with van der Waals surface area (Å²) < 4.78 is 0. The monoisotopic (exact) mass is 305 g/mol. The molecule has 3 heteroatoms. The van der Waals surface area contributed by atoms with E-state index in [1.165, 1.54) is 26.5 Å². The molecule has 2 aromatic rings. The molecular weight excluding hydrogens is 286 g/mol. The molecule has 0 spiro atoms. The molecule has 1 atom stereocenters. The Hall–Kier alpha value is -0.960. The lowest BCUT2D eigenvalue weighted by atomic mass is 10.1. The lowest BCUT2D eigenvalue weighted by Gasteiger charge is -2.13. The largest absolute Gasteiger partial charge is 0.328 e. The second kappa shape index (κ2) is 6.66. The van der Waals surface area contributed by atoms with Crippen LogP contribution in [0.1, 0.15) is 23.6 Å². The van der Waals surface area contributed by atoms with E-state index < -0.39 is 0 Å².